The molecule has 0 aliphatic carbocycles. The van der Waals surface area contributed by atoms with Crippen LogP contribution in [0.1, 0.15) is 11.1 Å². The minimum absolute atomic E-state index is 0.0479. The van der Waals surface area contributed by atoms with E-state index in [0.717, 1.165) is 16.8 Å². The summed E-state index contributed by atoms with van der Waals surface area (Å²) in [6.45, 7) is 1.21. The minimum Gasteiger partial charge on any atom is -0.395 e. The first kappa shape index (κ1) is 15.8. The highest BCUT2D eigenvalue weighted by atomic mass is 35.5. The third kappa shape index (κ3) is 4.17. The Kier molecular flexibility index (Phi) is 5.56. The van der Waals surface area contributed by atoms with Crippen molar-refractivity contribution < 1.29 is 5.11 Å². The third-order valence-corrected chi connectivity index (χ3v) is 3.61. The lowest BCUT2D eigenvalue weighted by Gasteiger charge is -2.26. The summed E-state index contributed by atoms with van der Waals surface area (Å²) in [5.74, 6) is 0. The maximum absolute atomic E-state index is 9.33. The summed E-state index contributed by atoms with van der Waals surface area (Å²) < 4.78 is 0. The summed E-state index contributed by atoms with van der Waals surface area (Å²) in [4.78, 5) is 2.34. The monoisotopic (exact) mass is 320 g/mol. The highest BCUT2D eigenvalue weighted by Crippen LogP contribution is 2.25. The van der Waals surface area contributed by atoms with Crippen molar-refractivity contribution in [3.05, 3.63) is 64.7 Å². The molecule has 0 spiro atoms. The van der Waals surface area contributed by atoms with E-state index in [0.29, 0.717) is 23.1 Å². The largest absolute Gasteiger partial charge is 0.395 e. The van der Waals surface area contributed by atoms with Crippen molar-refractivity contribution in [3.8, 4) is 0 Å². The average Bonchev–Trinajstić information content (AvgIpc) is 2.48. The fourth-order valence-electron chi connectivity index (χ4n) is 2.19. The van der Waals surface area contributed by atoms with Gasteiger partial charge in [0.25, 0.3) is 0 Å². The highest BCUT2D eigenvalue weighted by Gasteiger charge is 2.13. The van der Waals surface area contributed by atoms with Gasteiger partial charge in [0.2, 0.25) is 0 Å². The summed E-state index contributed by atoms with van der Waals surface area (Å²) in [6.07, 6.45) is 0. The minimum atomic E-state index is 0.0479. The molecular weight excluding hydrogens is 304 g/mol. The van der Waals surface area contributed by atoms with E-state index in [4.69, 9.17) is 29.6 Å². The topological polar surface area (TPSA) is 49.5 Å². The van der Waals surface area contributed by atoms with Crippen LogP contribution in [0.4, 0.5) is 5.69 Å². The van der Waals surface area contributed by atoms with E-state index in [9.17, 15) is 5.11 Å². The van der Waals surface area contributed by atoms with Gasteiger partial charge in [0.1, 0.15) is 4.99 Å². The normalized spacial score (nSPS) is 10.4. The van der Waals surface area contributed by atoms with Crippen molar-refractivity contribution >= 4 is 34.5 Å². The molecule has 0 heterocycles. The third-order valence-electron chi connectivity index (χ3n) is 3.15. The maximum Gasteiger partial charge on any atom is 0.106 e. The standard InChI is InChI=1S/C16H17ClN2OS/c17-13-6-7-15(14(10-13)16(18)21)19(8-9-20)11-12-4-2-1-3-5-12/h1-7,10,20H,8-9,11H2,(H2,18,21). The van der Waals surface area contributed by atoms with Crippen LogP contribution in [0.3, 0.4) is 0 Å². The highest BCUT2D eigenvalue weighted by molar-refractivity contribution is 7.80. The number of nitrogens with zero attached hydrogens (tertiary/aromatic N) is 1. The molecule has 3 N–H and O–H groups in total. The zero-order valence-corrected chi connectivity index (χ0v) is 13.1. The molecule has 0 atom stereocenters. The molecule has 0 aromatic heterocycles. The predicted molar refractivity (Wildman–Crippen MR) is 91.9 cm³/mol. The summed E-state index contributed by atoms with van der Waals surface area (Å²) in [6, 6.07) is 15.5. The Balaban J connectivity index is 2.36. The van der Waals surface area contributed by atoms with Crippen LogP contribution in [-0.2, 0) is 6.54 Å². The van der Waals surface area contributed by atoms with Gasteiger partial charge < -0.3 is 15.7 Å². The van der Waals surface area contributed by atoms with E-state index in [-0.39, 0.29) is 6.61 Å². The Morgan fingerprint density at radius 3 is 2.52 bits per heavy atom. The smallest absolute Gasteiger partial charge is 0.106 e. The van der Waals surface area contributed by atoms with Crippen molar-refractivity contribution in [2.45, 2.75) is 6.54 Å². The van der Waals surface area contributed by atoms with Gasteiger partial charge in [-0.05, 0) is 23.8 Å². The first-order chi connectivity index (χ1) is 10.1. The van der Waals surface area contributed by atoms with Gasteiger partial charge in [-0.1, -0.05) is 54.2 Å². The van der Waals surface area contributed by atoms with Crippen LogP contribution in [0.5, 0.6) is 0 Å². The molecule has 0 amide bonds. The van der Waals surface area contributed by atoms with Gasteiger partial charge in [-0.15, -0.1) is 0 Å². The lowest BCUT2D eigenvalue weighted by atomic mass is 10.1. The van der Waals surface area contributed by atoms with Gasteiger partial charge in [0.15, 0.2) is 0 Å². The lowest BCUT2D eigenvalue weighted by Crippen LogP contribution is -2.28. The fourth-order valence-corrected chi connectivity index (χ4v) is 2.53. The van der Waals surface area contributed by atoms with Gasteiger partial charge in [0.05, 0.1) is 6.61 Å². The molecule has 0 aliphatic heterocycles. The summed E-state index contributed by atoms with van der Waals surface area (Å²) in [5.41, 5.74) is 8.55. The first-order valence-electron chi connectivity index (χ1n) is 6.61. The van der Waals surface area contributed by atoms with E-state index in [1.807, 2.05) is 41.3 Å². The second-order valence-corrected chi connectivity index (χ2v) is 5.53. The van der Waals surface area contributed by atoms with E-state index >= 15 is 0 Å². The molecule has 2 aromatic carbocycles. The van der Waals surface area contributed by atoms with Crippen molar-refractivity contribution in [2.24, 2.45) is 5.73 Å². The van der Waals surface area contributed by atoms with E-state index < -0.39 is 0 Å². The molecule has 2 aromatic rings. The molecule has 0 saturated heterocycles. The van der Waals surface area contributed by atoms with E-state index in [2.05, 4.69) is 0 Å². The van der Waals surface area contributed by atoms with Crippen LogP contribution in [0, 0.1) is 0 Å². The molecule has 3 nitrogen and oxygen atoms in total. The Labute approximate surface area is 135 Å². The fraction of sp³-hybridized carbons (Fsp3) is 0.188. The summed E-state index contributed by atoms with van der Waals surface area (Å²) >= 11 is 11.1. The number of halogens is 1. The van der Waals surface area contributed by atoms with Gasteiger partial charge in [-0.25, -0.2) is 0 Å². The molecule has 0 radical (unpaired) electrons. The van der Waals surface area contributed by atoms with Crippen molar-refractivity contribution in [1.82, 2.24) is 0 Å². The lowest BCUT2D eigenvalue weighted by molar-refractivity contribution is 0.301. The quantitative estimate of drug-likeness (QED) is 0.803. The molecule has 0 saturated carbocycles. The molecule has 0 bridgehead atoms. The van der Waals surface area contributed by atoms with E-state index in [1.165, 1.54) is 0 Å². The second kappa shape index (κ2) is 7.41. The average molecular weight is 321 g/mol. The molecule has 2 rings (SSSR count). The van der Waals surface area contributed by atoms with Crippen molar-refractivity contribution in [3.63, 3.8) is 0 Å². The number of aliphatic hydroxyl groups excluding tert-OH is 1. The van der Waals surface area contributed by atoms with Crippen molar-refractivity contribution in [1.29, 1.82) is 0 Å². The molecule has 0 aliphatic rings. The number of anilines is 1. The molecular formula is C16H17ClN2OS. The zero-order chi connectivity index (χ0) is 15.2. The maximum atomic E-state index is 9.33. The molecule has 5 heteroatoms. The zero-order valence-electron chi connectivity index (χ0n) is 11.5. The SMILES string of the molecule is NC(=S)c1cc(Cl)ccc1N(CCO)Cc1ccccc1. The number of nitrogens with two attached hydrogens (primary N) is 1. The van der Waals surface area contributed by atoms with Gasteiger partial charge in [-0.2, -0.15) is 0 Å². The van der Waals surface area contributed by atoms with Gasteiger partial charge in [-0.3, -0.25) is 0 Å². The molecule has 0 unspecified atom stereocenters. The predicted octanol–water partition coefficient (Wildman–Crippen LogP) is 2.97. The van der Waals surface area contributed by atoms with E-state index in [1.54, 1.807) is 12.1 Å². The molecule has 21 heavy (non-hydrogen) atoms. The van der Waals surface area contributed by atoms with Crippen LogP contribution in [0.15, 0.2) is 48.5 Å². The van der Waals surface area contributed by atoms with Crippen LogP contribution >= 0.6 is 23.8 Å². The van der Waals surface area contributed by atoms with Crippen LogP contribution < -0.4 is 10.6 Å². The Bertz CT molecular complexity index is 619. The molecule has 0 fully saturated rings. The Morgan fingerprint density at radius 1 is 1.19 bits per heavy atom. The second-order valence-electron chi connectivity index (χ2n) is 4.66. The Hall–Kier alpha value is -1.62. The van der Waals surface area contributed by atoms with Gasteiger partial charge >= 0.3 is 0 Å². The number of benzene rings is 2. The molecule has 110 valence electrons. The number of hydrogen-bond acceptors (Lipinski definition) is 3. The summed E-state index contributed by atoms with van der Waals surface area (Å²) in [7, 11) is 0. The number of hydrogen-bond donors (Lipinski definition) is 2. The van der Waals surface area contributed by atoms with Crippen LogP contribution in [-0.4, -0.2) is 23.2 Å². The van der Waals surface area contributed by atoms with Crippen molar-refractivity contribution in [2.75, 3.05) is 18.1 Å². The number of thiocarbonyl (C=S) groups is 1. The number of aliphatic hydroxyl groups is 1. The first-order valence-corrected chi connectivity index (χ1v) is 7.39. The number of rotatable bonds is 6. The van der Waals surface area contributed by atoms with Crippen LogP contribution in [0.25, 0.3) is 0 Å². The van der Waals surface area contributed by atoms with Crippen LogP contribution in [0.2, 0.25) is 5.02 Å². The summed E-state index contributed by atoms with van der Waals surface area (Å²) in [5, 5.41) is 9.92. The Morgan fingerprint density at radius 2 is 1.90 bits per heavy atom. The van der Waals surface area contributed by atoms with Gasteiger partial charge in [0, 0.05) is 29.4 Å².